The summed E-state index contributed by atoms with van der Waals surface area (Å²) < 4.78 is 74.3. The number of urea groups is 1. The van der Waals surface area contributed by atoms with E-state index >= 15 is 0 Å². The first-order valence-electron chi connectivity index (χ1n) is 13.3. The summed E-state index contributed by atoms with van der Waals surface area (Å²) in [4.78, 5) is 35.1. The van der Waals surface area contributed by atoms with Gasteiger partial charge in [-0.25, -0.2) is 14.4 Å². The molecule has 1 fully saturated rings. The summed E-state index contributed by atoms with van der Waals surface area (Å²) in [5.74, 6) is -4.73. The van der Waals surface area contributed by atoms with Crippen LogP contribution in [0.2, 0.25) is 0 Å². The monoisotopic (exact) mass is 663 g/mol. The number of methoxy groups -OCH3 is 1. The van der Waals surface area contributed by atoms with E-state index in [1.54, 1.807) is 13.3 Å². The highest BCUT2D eigenvalue weighted by molar-refractivity contribution is 5.89. The predicted octanol–water partition coefficient (Wildman–Crippen LogP) is 4.72. The fraction of sp³-hybridized carbons (Fsp3) is 0.357. The summed E-state index contributed by atoms with van der Waals surface area (Å²) in [5.41, 5.74) is 3.83. The maximum Gasteiger partial charge on any atom is 0.490 e. The van der Waals surface area contributed by atoms with Crippen molar-refractivity contribution in [2.24, 2.45) is 0 Å². The van der Waals surface area contributed by atoms with E-state index in [0.29, 0.717) is 13.1 Å². The minimum atomic E-state index is -5.08. The number of benzene rings is 2. The lowest BCUT2D eigenvalue weighted by Gasteiger charge is -2.30. The number of H-pyrrole nitrogens is 1. The quantitative estimate of drug-likeness (QED) is 0.251. The Balaban J connectivity index is 0.000000440. The van der Waals surface area contributed by atoms with E-state index in [-0.39, 0.29) is 6.03 Å². The Labute approximate surface area is 258 Å². The van der Waals surface area contributed by atoms with E-state index in [1.165, 1.54) is 0 Å². The lowest BCUT2D eigenvalue weighted by molar-refractivity contribution is -0.193. The smallest absolute Gasteiger partial charge is 0.490 e. The molecule has 0 aliphatic carbocycles. The molecule has 12 nitrogen and oxygen atoms in total. The number of carbonyl (C=O) groups is 3. The summed E-state index contributed by atoms with van der Waals surface area (Å²) >= 11 is 0. The fourth-order valence-electron chi connectivity index (χ4n) is 3.69. The van der Waals surface area contributed by atoms with Gasteiger partial charge in [0.1, 0.15) is 5.75 Å². The van der Waals surface area contributed by atoms with Crippen LogP contribution in [0.15, 0.2) is 60.9 Å². The molecule has 0 saturated carbocycles. The second kappa shape index (κ2) is 17.6. The molecule has 2 aromatic carbocycles. The van der Waals surface area contributed by atoms with Crippen molar-refractivity contribution in [2.45, 2.75) is 18.9 Å². The highest BCUT2D eigenvalue weighted by Gasteiger charge is 2.38. The molecule has 0 radical (unpaired) electrons. The standard InChI is InChI=1S/C24H29N5O3.2C2HF3O2/c1-31-23-4-2-3-19(15-23)18-29(10-9-28-11-13-32-14-12-28)24(30)27-22-7-5-20(6-8-22)21-16-25-26-17-21;2*3-2(4,5)1(6)7/h2-8,15-17H,9-14,18H2,1H3,(H,25,26)(H,27,30);2*(H,6,7). The molecular formula is C28H31F6N5O7. The van der Waals surface area contributed by atoms with Crippen molar-refractivity contribution in [3.63, 3.8) is 0 Å². The first-order valence-corrected chi connectivity index (χ1v) is 13.3. The highest BCUT2D eigenvalue weighted by atomic mass is 19.4. The van der Waals surface area contributed by atoms with E-state index in [9.17, 15) is 31.1 Å². The molecule has 252 valence electrons. The Morgan fingerprint density at radius 2 is 1.57 bits per heavy atom. The molecule has 0 atom stereocenters. The Bertz CT molecular complexity index is 1360. The minimum Gasteiger partial charge on any atom is -0.497 e. The van der Waals surface area contributed by atoms with Crippen molar-refractivity contribution in [3.8, 4) is 16.9 Å². The van der Waals surface area contributed by atoms with Crippen molar-refractivity contribution in [1.29, 1.82) is 0 Å². The lowest BCUT2D eigenvalue weighted by atomic mass is 10.1. The number of halogens is 6. The maximum absolute atomic E-state index is 13.2. The molecule has 1 aliphatic heterocycles. The number of nitrogens with zero attached hydrogens (tertiary/aromatic N) is 3. The van der Waals surface area contributed by atoms with Gasteiger partial charge in [-0.2, -0.15) is 31.4 Å². The predicted molar refractivity (Wildman–Crippen MR) is 151 cm³/mol. The third-order valence-electron chi connectivity index (χ3n) is 6.04. The first kappa shape index (κ1) is 37.3. The number of hydrogen-bond donors (Lipinski definition) is 4. The molecule has 4 rings (SSSR count). The molecule has 1 aromatic heterocycles. The number of nitrogens with one attached hydrogen (secondary N) is 2. The number of anilines is 1. The van der Waals surface area contributed by atoms with Crippen molar-refractivity contribution >= 4 is 23.7 Å². The van der Waals surface area contributed by atoms with E-state index < -0.39 is 24.3 Å². The van der Waals surface area contributed by atoms with Gasteiger partial charge in [-0.3, -0.25) is 10.00 Å². The van der Waals surface area contributed by atoms with Gasteiger partial charge >= 0.3 is 30.3 Å². The number of rotatable bonds is 8. The number of carboxylic acid groups (broad SMARTS) is 2. The number of hydrogen-bond acceptors (Lipinski definition) is 7. The molecular weight excluding hydrogens is 632 g/mol. The second-order valence-corrected chi connectivity index (χ2v) is 9.33. The van der Waals surface area contributed by atoms with Crippen molar-refractivity contribution in [3.05, 3.63) is 66.5 Å². The normalized spacial score (nSPS) is 13.3. The average Bonchev–Trinajstić information content (AvgIpc) is 3.55. The molecule has 2 amide bonds. The Hall–Kier alpha value is -4.84. The van der Waals surface area contributed by atoms with Crippen LogP contribution in [0.25, 0.3) is 11.1 Å². The van der Waals surface area contributed by atoms with Gasteiger partial charge in [0.2, 0.25) is 0 Å². The van der Waals surface area contributed by atoms with Gasteiger partial charge in [-0.15, -0.1) is 0 Å². The van der Waals surface area contributed by atoms with Crippen LogP contribution in [0.1, 0.15) is 5.56 Å². The van der Waals surface area contributed by atoms with Crippen molar-refractivity contribution in [1.82, 2.24) is 20.0 Å². The van der Waals surface area contributed by atoms with E-state index in [4.69, 9.17) is 29.3 Å². The highest BCUT2D eigenvalue weighted by Crippen LogP contribution is 2.21. The summed E-state index contributed by atoms with van der Waals surface area (Å²) in [6.07, 6.45) is -6.55. The van der Waals surface area contributed by atoms with Crippen LogP contribution in [-0.2, 0) is 20.9 Å². The summed E-state index contributed by atoms with van der Waals surface area (Å²) in [6, 6.07) is 15.5. The molecule has 4 N–H and O–H groups in total. The van der Waals surface area contributed by atoms with Crippen molar-refractivity contribution in [2.75, 3.05) is 51.8 Å². The number of morpholine rings is 1. The Morgan fingerprint density at radius 3 is 2.07 bits per heavy atom. The van der Waals surface area contributed by atoms with Crippen LogP contribution in [0.5, 0.6) is 5.75 Å². The molecule has 0 bridgehead atoms. The largest absolute Gasteiger partial charge is 0.497 e. The van der Waals surface area contributed by atoms with Crippen LogP contribution in [0.4, 0.5) is 36.8 Å². The second-order valence-electron chi connectivity index (χ2n) is 9.33. The molecule has 0 spiro atoms. The SMILES string of the molecule is COc1cccc(CN(CCN2CCOCC2)C(=O)Nc2ccc(-c3cn[nH]c3)cc2)c1.O=C(O)C(F)(F)F.O=C(O)C(F)(F)F. The number of carboxylic acids is 2. The van der Waals surface area contributed by atoms with Crippen LogP contribution in [0.3, 0.4) is 0 Å². The molecule has 1 aliphatic rings. The lowest BCUT2D eigenvalue weighted by Crippen LogP contribution is -2.44. The number of ether oxygens (including phenoxy) is 2. The Kier molecular flexibility index (Phi) is 14.3. The number of aromatic amines is 1. The maximum atomic E-state index is 13.2. The molecule has 46 heavy (non-hydrogen) atoms. The summed E-state index contributed by atoms with van der Waals surface area (Å²) in [6.45, 7) is 5.20. The van der Waals surface area contributed by atoms with Crippen LogP contribution < -0.4 is 10.1 Å². The molecule has 0 unspecified atom stereocenters. The third kappa shape index (κ3) is 13.4. The van der Waals surface area contributed by atoms with E-state index in [1.807, 2.05) is 59.6 Å². The first-order chi connectivity index (χ1) is 21.6. The van der Waals surface area contributed by atoms with Gasteiger partial charge in [0.25, 0.3) is 0 Å². The number of amides is 2. The number of carbonyl (C=O) groups excluding carboxylic acids is 1. The van der Waals surface area contributed by atoms with Crippen LogP contribution in [0, 0.1) is 0 Å². The summed E-state index contributed by atoms with van der Waals surface area (Å²) in [7, 11) is 1.65. The van der Waals surface area contributed by atoms with E-state index in [2.05, 4.69) is 20.4 Å². The minimum absolute atomic E-state index is 0.128. The van der Waals surface area contributed by atoms with Crippen LogP contribution in [-0.4, -0.2) is 107 Å². The van der Waals surface area contributed by atoms with Crippen molar-refractivity contribution < 1.29 is 60.4 Å². The molecule has 18 heteroatoms. The van der Waals surface area contributed by atoms with Gasteiger partial charge in [0.05, 0.1) is 26.5 Å². The third-order valence-corrected chi connectivity index (χ3v) is 6.04. The average molecular weight is 664 g/mol. The van der Waals surface area contributed by atoms with Gasteiger partial charge in [0.15, 0.2) is 0 Å². The zero-order valence-corrected chi connectivity index (χ0v) is 24.3. The number of aliphatic carboxylic acids is 2. The van der Waals surface area contributed by atoms with Gasteiger partial charge in [0, 0.05) is 50.2 Å². The fourth-order valence-corrected chi connectivity index (χ4v) is 3.69. The van der Waals surface area contributed by atoms with Crippen LogP contribution >= 0.6 is 0 Å². The summed E-state index contributed by atoms with van der Waals surface area (Å²) in [5, 5.41) is 24.1. The molecule has 3 aromatic rings. The zero-order valence-electron chi connectivity index (χ0n) is 24.3. The number of aromatic nitrogens is 2. The molecule has 1 saturated heterocycles. The van der Waals surface area contributed by atoms with Gasteiger partial charge < -0.3 is 29.9 Å². The number of alkyl halides is 6. The topological polar surface area (TPSA) is 157 Å². The zero-order chi connectivity index (χ0) is 34.3. The van der Waals surface area contributed by atoms with Gasteiger partial charge in [-0.1, -0.05) is 24.3 Å². The van der Waals surface area contributed by atoms with E-state index in [0.717, 1.165) is 61.0 Å². The van der Waals surface area contributed by atoms with Gasteiger partial charge in [-0.05, 0) is 35.4 Å². The molecule has 2 heterocycles. The Morgan fingerprint density at radius 1 is 0.978 bits per heavy atom.